The van der Waals surface area contributed by atoms with Crippen molar-refractivity contribution in [2.75, 3.05) is 23.3 Å². The first-order chi connectivity index (χ1) is 23.1. The van der Waals surface area contributed by atoms with Gasteiger partial charge in [-0.15, -0.1) is 0 Å². The second-order valence-electron chi connectivity index (χ2n) is 11.8. The summed E-state index contributed by atoms with van der Waals surface area (Å²) in [5, 5.41) is 6.11. The van der Waals surface area contributed by atoms with E-state index in [-0.39, 0.29) is 13.0 Å². The van der Waals surface area contributed by atoms with Crippen LogP contribution in [0.2, 0.25) is 5.02 Å². The summed E-state index contributed by atoms with van der Waals surface area (Å²) in [6.45, 7) is 8.29. The molecule has 0 radical (unpaired) electrons. The third kappa shape index (κ3) is 8.12. The normalized spacial score (nSPS) is 11.8. The highest BCUT2D eigenvalue weighted by atomic mass is 35.5. The predicted molar refractivity (Wildman–Crippen MR) is 188 cm³/mol. The first-order valence-electron chi connectivity index (χ1n) is 16.0. The van der Waals surface area contributed by atoms with Gasteiger partial charge in [0.15, 0.2) is 11.6 Å². The average molecular weight is 673 g/mol. The zero-order valence-electron chi connectivity index (χ0n) is 27.2. The number of anilines is 2. The van der Waals surface area contributed by atoms with E-state index in [1.54, 1.807) is 36.4 Å². The lowest BCUT2D eigenvalue weighted by Crippen LogP contribution is -2.35. The molecule has 11 heteroatoms. The number of halogens is 3. The van der Waals surface area contributed by atoms with E-state index in [0.29, 0.717) is 33.2 Å². The molecule has 0 spiro atoms. The van der Waals surface area contributed by atoms with Gasteiger partial charge in [0.05, 0.1) is 23.5 Å². The van der Waals surface area contributed by atoms with Gasteiger partial charge in [0, 0.05) is 41.6 Å². The number of primary amides is 1. The van der Waals surface area contributed by atoms with Crippen LogP contribution in [-0.4, -0.2) is 34.6 Å². The molecule has 1 heterocycles. The number of aromatic nitrogens is 2. The zero-order chi connectivity index (χ0) is 34.4. The fraction of sp³-hybridized carbons (Fsp3) is 0.270. The number of hydrogen-bond donors (Lipinski definition) is 3. The number of carbonyl (C=O) groups excluding carboxylic acids is 2. The first kappa shape index (κ1) is 34.4. The summed E-state index contributed by atoms with van der Waals surface area (Å²) in [6.07, 6.45) is 1.91. The minimum absolute atomic E-state index is 0.149. The Labute approximate surface area is 283 Å². The van der Waals surface area contributed by atoms with Crippen molar-refractivity contribution in [2.45, 2.75) is 52.6 Å². The lowest BCUT2D eigenvalue weighted by atomic mass is 10.0. The molecule has 1 unspecified atom stereocenters. The third-order valence-electron chi connectivity index (χ3n) is 8.12. The summed E-state index contributed by atoms with van der Waals surface area (Å²) in [5.74, 6) is -1.81. The van der Waals surface area contributed by atoms with Crippen LogP contribution in [0.25, 0.3) is 22.4 Å². The summed E-state index contributed by atoms with van der Waals surface area (Å²) in [4.78, 5) is 32.4. The van der Waals surface area contributed by atoms with Crippen LogP contribution in [0.1, 0.15) is 55.8 Å². The molecular weight excluding hydrogens is 634 g/mol. The quantitative estimate of drug-likeness (QED) is 0.117. The van der Waals surface area contributed by atoms with Crippen molar-refractivity contribution in [3.05, 3.63) is 112 Å². The maximum absolute atomic E-state index is 14.2. The fourth-order valence-electron chi connectivity index (χ4n) is 5.75. The van der Waals surface area contributed by atoms with Crippen molar-refractivity contribution in [1.29, 1.82) is 0 Å². The third-order valence-corrected chi connectivity index (χ3v) is 8.52. The Hall–Kier alpha value is -4.96. The van der Waals surface area contributed by atoms with Crippen molar-refractivity contribution in [2.24, 2.45) is 5.73 Å². The van der Waals surface area contributed by atoms with Gasteiger partial charge >= 0.3 is 6.03 Å². The number of benzene rings is 4. The van der Waals surface area contributed by atoms with Crippen molar-refractivity contribution >= 4 is 45.9 Å². The topological polar surface area (TPSA) is 105 Å². The molecule has 0 saturated carbocycles. The van der Waals surface area contributed by atoms with Crippen LogP contribution in [0.5, 0.6) is 0 Å². The number of urea groups is 1. The van der Waals surface area contributed by atoms with Gasteiger partial charge in [0.2, 0.25) is 5.91 Å². The Bertz CT molecular complexity index is 1920. The van der Waals surface area contributed by atoms with E-state index < -0.39 is 29.6 Å². The first-order valence-corrected chi connectivity index (χ1v) is 16.4. The van der Waals surface area contributed by atoms with Crippen LogP contribution in [0.15, 0.2) is 78.9 Å². The molecule has 4 N–H and O–H groups in total. The largest absolute Gasteiger partial charge is 0.372 e. The van der Waals surface area contributed by atoms with E-state index in [1.165, 1.54) is 6.07 Å². The molecule has 0 aliphatic heterocycles. The molecule has 4 aromatic carbocycles. The highest BCUT2D eigenvalue weighted by Crippen LogP contribution is 2.31. The molecule has 5 rings (SSSR count). The lowest BCUT2D eigenvalue weighted by molar-refractivity contribution is -0.118. The highest BCUT2D eigenvalue weighted by Gasteiger charge is 2.21. The van der Waals surface area contributed by atoms with Crippen molar-refractivity contribution in [3.8, 4) is 11.4 Å². The summed E-state index contributed by atoms with van der Waals surface area (Å²) in [5.41, 5.74) is 11.4. The van der Waals surface area contributed by atoms with Gasteiger partial charge in [-0.1, -0.05) is 43.6 Å². The SMILES string of the molecule is CCCN(CCC)c1ccc(-c2nc3cc(C(CC(N)=O)NC(=O)Nc4ccc(C)c(Cl)c4)ccc3n2Cc2ccc(F)c(F)c2)cc1. The maximum Gasteiger partial charge on any atom is 0.319 e. The minimum Gasteiger partial charge on any atom is -0.372 e. The van der Waals surface area contributed by atoms with Crippen LogP contribution in [0.3, 0.4) is 0 Å². The molecule has 0 aliphatic rings. The summed E-state index contributed by atoms with van der Waals surface area (Å²) in [6, 6.07) is 21.3. The lowest BCUT2D eigenvalue weighted by Gasteiger charge is -2.24. The Kier molecular flexibility index (Phi) is 11.0. The van der Waals surface area contributed by atoms with E-state index in [2.05, 4.69) is 41.5 Å². The zero-order valence-corrected chi connectivity index (χ0v) is 28.0. The fourth-order valence-corrected chi connectivity index (χ4v) is 5.93. The van der Waals surface area contributed by atoms with Crippen LogP contribution >= 0.6 is 11.6 Å². The van der Waals surface area contributed by atoms with E-state index in [0.717, 1.165) is 54.3 Å². The minimum atomic E-state index is -0.927. The predicted octanol–water partition coefficient (Wildman–Crippen LogP) is 8.36. The molecule has 5 aromatic rings. The van der Waals surface area contributed by atoms with Gasteiger partial charge in [-0.05, 0) is 97.1 Å². The number of rotatable bonds is 13. The van der Waals surface area contributed by atoms with E-state index in [1.807, 2.05) is 29.7 Å². The smallest absolute Gasteiger partial charge is 0.319 e. The molecule has 3 amide bonds. The molecule has 8 nitrogen and oxygen atoms in total. The van der Waals surface area contributed by atoms with E-state index in [4.69, 9.17) is 22.3 Å². The molecule has 0 bridgehead atoms. The van der Waals surface area contributed by atoms with Crippen molar-refractivity contribution in [1.82, 2.24) is 14.9 Å². The van der Waals surface area contributed by atoms with Crippen LogP contribution in [-0.2, 0) is 11.3 Å². The van der Waals surface area contributed by atoms with Gasteiger partial charge < -0.3 is 25.8 Å². The Morgan fingerprint density at radius 3 is 2.31 bits per heavy atom. The second kappa shape index (κ2) is 15.3. The molecule has 0 fully saturated rings. The molecule has 1 atom stereocenters. The number of aryl methyl sites for hydroxylation is 1. The highest BCUT2D eigenvalue weighted by molar-refractivity contribution is 6.31. The van der Waals surface area contributed by atoms with Crippen molar-refractivity contribution in [3.63, 3.8) is 0 Å². The molecular formula is C37H39ClF2N6O2. The molecule has 1 aromatic heterocycles. The molecule has 0 saturated heterocycles. The number of imidazole rings is 1. The average Bonchev–Trinajstić information content (AvgIpc) is 3.41. The number of carbonyl (C=O) groups is 2. The van der Waals surface area contributed by atoms with Crippen LogP contribution in [0.4, 0.5) is 25.0 Å². The standard InChI is InChI=1S/C37H39ClF2N6O2/c1-4-16-45(17-5-2)28-12-8-25(9-13-28)36-43-33-19-26(10-15-34(33)46(36)22-24-7-14-30(39)31(40)18-24)32(21-35(41)47)44-37(48)42-27-11-6-23(3)29(38)20-27/h6-15,18-20,32H,4-5,16-17,21-22H2,1-3H3,(H2,41,47)(H2,42,44,48). The number of nitrogens with zero attached hydrogens (tertiary/aromatic N) is 3. The van der Waals surface area contributed by atoms with Gasteiger partial charge in [-0.3, -0.25) is 4.79 Å². The number of fused-ring (bicyclic) bond motifs is 1. The number of hydrogen-bond acceptors (Lipinski definition) is 4. The number of amides is 3. The number of nitrogens with two attached hydrogens (primary N) is 1. The Balaban J connectivity index is 1.52. The van der Waals surface area contributed by atoms with Gasteiger partial charge in [0.1, 0.15) is 5.82 Å². The summed E-state index contributed by atoms with van der Waals surface area (Å²) < 4.78 is 29.9. The van der Waals surface area contributed by atoms with Crippen molar-refractivity contribution < 1.29 is 18.4 Å². The van der Waals surface area contributed by atoms with Gasteiger partial charge in [-0.2, -0.15) is 0 Å². The Morgan fingerprint density at radius 1 is 0.938 bits per heavy atom. The van der Waals surface area contributed by atoms with Gasteiger partial charge in [0.25, 0.3) is 0 Å². The summed E-state index contributed by atoms with van der Waals surface area (Å²) >= 11 is 6.22. The molecule has 0 aliphatic carbocycles. The molecule has 48 heavy (non-hydrogen) atoms. The van der Waals surface area contributed by atoms with Crippen LogP contribution in [0, 0.1) is 18.6 Å². The number of nitrogens with one attached hydrogen (secondary N) is 2. The second-order valence-corrected chi connectivity index (χ2v) is 12.2. The summed E-state index contributed by atoms with van der Waals surface area (Å²) in [7, 11) is 0. The Morgan fingerprint density at radius 2 is 1.67 bits per heavy atom. The maximum atomic E-state index is 14.2. The van der Waals surface area contributed by atoms with E-state index >= 15 is 0 Å². The monoisotopic (exact) mass is 672 g/mol. The van der Waals surface area contributed by atoms with E-state index in [9.17, 15) is 18.4 Å². The molecule has 250 valence electrons. The van der Waals surface area contributed by atoms with Crippen LogP contribution < -0.4 is 21.3 Å². The van der Waals surface area contributed by atoms with Gasteiger partial charge in [-0.25, -0.2) is 18.6 Å².